The average Bonchev–Trinajstić information content (AvgIpc) is 3.25. The van der Waals surface area contributed by atoms with E-state index in [1.807, 2.05) is 32.0 Å². The average molecular weight is 498 g/mol. The van der Waals surface area contributed by atoms with Crippen LogP contribution in [0.1, 0.15) is 16.7 Å². The van der Waals surface area contributed by atoms with Crippen LogP contribution in [0.15, 0.2) is 48.8 Å². The third kappa shape index (κ3) is 4.50. The first-order valence-corrected chi connectivity index (χ1v) is 12.4. The lowest BCUT2D eigenvalue weighted by molar-refractivity contribution is -0.276. The van der Waals surface area contributed by atoms with Gasteiger partial charge < -0.3 is 20.1 Å². The molecule has 3 heterocycles. The van der Waals surface area contributed by atoms with Crippen molar-refractivity contribution in [2.24, 2.45) is 0 Å². The number of hydrogen-bond acceptors (Lipinski definition) is 7. The largest absolute Gasteiger partial charge is 0.349 e. The van der Waals surface area contributed by atoms with Crippen LogP contribution in [-0.2, 0) is 5.91 Å². The summed E-state index contributed by atoms with van der Waals surface area (Å²) in [6.07, 6.45) is 3.27. The molecule has 0 atom stereocenters. The number of rotatable bonds is 5. The molecule has 3 N–H and O–H groups in total. The van der Waals surface area contributed by atoms with Gasteiger partial charge in [0.05, 0.1) is 11.3 Å². The number of thioether (sulfide) groups is 1. The van der Waals surface area contributed by atoms with Crippen molar-refractivity contribution in [2.75, 3.05) is 29.9 Å². The molecule has 5 rings (SSSR count). The van der Waals surface area contributed by atoms with Gasteiger partial charge in [-0.25, -0.2) is 18.7 Å². The fourth-order valence-corrected chi connectivity index (χ4v) is 5.09. The van der Waals surface area contributed by atoms with E-state index in [-0.39, 0.29) is 5.69 Å². The molecule has 1 aliphatic rings. The molecule has 0 unspecified atom stereocenters. The molecular weight excluding hydrogens is 472 g/mol. The number of benzene rings is 2. The van der Waals surface area contributed by atoms with Crippen LogP contribution in [0.2, 0.25) is 0 Å². The van der Waals surface area contributed by atoms with Crippen LogP contribution in [0.5, 0.6) is 0 Å². The molecule has 1 saturated heterocycles. The van der Waals surface area contributed by atoms with Crippen LogP contribution in [0.4, 0.5) is 20.4 Å². The highest BCUT2D eigenvalue weighted by atomic mass is 32.2. The Morgan fingerprint density at radius 3 is 2.40 bits per heavy atom. The van der Waals surface area contributed by atoms with Gasteiger partial charge in [0.1, 0.15) is 17.3 Å². The predicted molar refractivity (Wildman–Crippen MR) is 133 cm³/mol. The first kappa shape index (κ1) is 23.7. The van der Waals surface area contributed by atoms with Crippen LogP contribution in [0.25, 0.3) is 16.7 Å². The maximum absolute atomic E-state index is 15.1. The zero-order valence-corrected chi connectivity index (χ0v) is 20.1. The van der Waals surface area contributed by atoms with E-state index in [0.29, 0.717) is 41.6 Å². The van der Waals surface area contributed by atoms with Gasteiger partial charge in [-0.1, -0.05) is 6.07 Å². The number of aryl methyl sites for hydroxylation is 2. The van der Waals surface area contributed by atoms with Gasteiger partial charge >= 0.3 is 0 Å². The molecule has 2 aromatic carbocycles. The molecule has 0 aliphatic carbocycles. The zero-order valence-electron chi connectivity index (χ0n) is 19.3. The van der Waals surface area contributed by atoms with Crippen molar-refractivity contribution in [3.05, 3.63) is 77.1 Å². The van der Waals surface area contributed by atoms with E-state index < -0.39 is 23.1 Å². The Balaban J connectivity index is 1.50. The number of hydrogen-bond donors (Lipinski definition) is 3. The van der Waals surface area contributed by atoms with E-state index in [1.54, 1.807) is 30.2 Å². The monoisotopic (exact) mass is 497 g/mol. The lowest BCUT2D eigenvalue weighted by Crippen LogP contribution is -2.51. The number of nitrogens with zero attached hydrogens (tertiary/aromatic N) is 4. The SMILES string of the molecule is Cc1ccc(Nc2ncc3ccn(-c4cc(F)c(C(O)(O)N5CCSCC5)c(F)c4)c3n2)cc1C. The van der Waals surface area contributed by atoms with E-state index >= 15 is 8.78 Å². The highest BCUT2D eigenvalue weighted by Gasteiger charge is 2.40. The Hall–Kier alpha value is -3.05. The number of aromatic nitrogens is 3. The van der Waals surface area contributed by atoms with Gasteiger partial charge in [-0.3, -0.25) is 0 Å². The summed E-state index contributed by atoms with van der Waals surface area (Å²) in [5.41, 5.74) is 2.95. The Morgan fingerprint density at radius 2 is 1.71 bits per heavy atom. The Morgan fingerprint density at radius 1 is 1.00 bits per heavy atom. The van der Waals surface area contributed by atoms with Gasteiger partial charge in [0.2, 0.25) is 5.95 Å². The summed E-state index contributed by atoms with van der Waals surface area (Å²) in [5.74, 6) is -3.20. The van der Waals surface area contributed by atoms with Gasteiger partial charge in [-0.15, -0.1) is 0 Å². The maximum atomic E-state index is 15.1. The molecule has 182 valence electrons. The van der Waals surface area contributed by atoms with Crippen LogP contribution >= 0.6 is 11.8 Å². The Kier molecular flexibility index (Phi) is 6.22. The van der Waals surface area contributed by atoms with Crippen LogP contribution < -0.4 is 5.32 Å². The quantitative estimate of drug-likeness (QED) is 0.356. The van der Waals surface area contributed by atoms with Gasteiger partial charge in [0, 0.05) is 48.1 Å². The van der Waals surface area contributed by atoms with E-state index in [1.165, 1.54) is 15.0 Å². The van der Waals surface area contributed by atoms with Crippen molar-refractivity contribution in [1.29, 1.82) is 0 Å². The van der Waals surface area contributed by atoms with Gasteiger partial charge in [-0.2, -0.15) is 16.7 Å². The normalized spacial score (nSPS) is 15.0. The van der Waals surface area contributed by atoms with Crippen LogP contribution in [0, 0.1) is 25.5 Å². The lowest BCUT2D eigenvalue weighted by atomic mass is 10.1. The smallest absolute Gasteiger partial charge is 0.259 e. The van der Waals surface area contributed by atoms with E-state index in [4.69, 9.17) is 0 Å². The summed E-state index contributed by atoms with van der Waals surface area (Å²) in [5, 5.41) is 25.1. The molecule has 0 saturated carbocycles. The second-order valence-electron chi connectivity index (χ2n) is 8.60. The van der Waals surface area contributed by atoms with Crippen molar-refractivity contribution in [1.82, 2.24) is 19.4 Å². The minimum Gasteiger partial charge on any atom is -0.349 e. The third-order valence-corrected chi connectivity index (χ3v) is 7.23. The number of nitrogens with one attached hydrogen (secondary N) is 1. The minimum atomic E-state index is -2.74. The fourth-order valence-electron chi connectivity index (χ4n) is 4.19. The second kappa shape index (κ2) is 9.19. The third-order valence-electron chi connectivity index (χ3n) is 6.28. The molecule has 0 amide bonds. The first-order valence-electron chi connectivity index (χ1n) is 11.2. The Labute approximate surface area is 205 Å². The number of halogens is 2. The molecule has 1 fully saturated rings. The second-order valence-corrected chi connectivity index (χ2v) is 9.83. The summed E-state index contributed by atoms with van der Waals surface area (Å²) >= 11 is 1.65. The van der Waals surface area contributed by atoms with Gasteiger partial charge in [0.25, 0.3) is 5.91 Å². The van der Waals surface area contributed by atoms with Crippen molar-refractivity contribution < 1.29 is 19.0 Å². The van der Waals surface area contributed by atoms with Crippen molar-refractivity contribution in [3.8, 4) is 5.69 Å². The van der Waals surface area contributed by atoms with Gasteiger partial charge in [0.15, 0.2) is 0 Å². The molecule has 2 aromatic heterocycles. The summed E-state index contributed by atoms with van der Waals surface area (Å²) in [6, 6.07) is 9.81. The van der Waals surface area contributed by atoms with Crippen molar-refractivity contribution >= 4 is 34.4 Å². The fraction of sp³-hybridized carbons (Fsp3) is 0.280. The van der Waals surface area contributed by atoms with E-state index in [0.717, 1.165) is 23.4 Å². The van der Waals surface area contributed by atoms with Crippen molar-refractivity contribution in [2.45, 2.75) is 19.8 Å². The molecular formula is C25H25F2N5O2S. The van der Waals surface area contributed by atoms with Gasteiger partial charge in [-0.05, 0) is 55.3 Å². The topological polar surface area (TPSA) is 86.4 Å². The maximum Gasteiger partial charge on any atom is 0.259 e. The van der Waals surface area contributed by atoms with E-state index in [2.05, 4.69) is 15.3 Å². The highest BCUT2D eigenvalue weighted by Crippen LogP contribution is 2.32. The number of aliphatic hydroxyl groups is 2. The first-order chi connectivity index (χ1) is 16.7. The summed E-state index contributed by atoms with van der Waals surface area (Å²) in [4.78, 5) is 10.2. The molecule has 4 aromatic rings. The van der Waals surface area contributed by atoms with Crippen LogP contribution in [-0.4, -0.2) is 54.2 Å². The molecule has 35 heavy (non-hydrogen) atoms. The molecule has 10 heteroatoms. The molecule has 1 aliphatic heterocycles. The van der Waals surface area contributed by atoms with E-state index in [9.17, 15) is 10.2 Å². The molecule has 7 nitrogen and oxygen atoms in total. The predicted octanol–water partition coefficient (Wildman–Crippen LogP) is 4.20. The molecule has 0 bridgehead atoms. The summed E-state index contributed by atoms with van der Waals surface area (Å²) < 4.78 is 31.8. The van der Waals surface area contributed by atoms with Crippen molar-refractivity contribution in [3.63, 3.8) is 0 Å². The van der Waals surface area contributed by atoms with Crippen LogP contribution in [0.3, 0.4) is 0 Å². The number of fused-ring (bicyclic) bond motifs is 1. The Bertz CT molecular complexity index is 1380. The lowest BCUT2D eigenvalue weighted by Gasteiger charge is -2.37. The molecule has 0 spiro atoms. The highest BCUT2D eigenvalue weighted by molar-refractivity contribution is 7.99. The number of anilines is 2. The minimum absolute atomic E-state index is 0.166. The summed E-state index contributed by atoms with van der Waals surface area (Å²) in [7, 11) is 0. The summed E-state index contributed by atoms with van der Waals surface area (Å²) in [6.45, 7) is 4.67. The molecule has 0 radical (unpaired) electrons. The zero-order chi connectivity index (χ0) is 24.7. The standard InChI is InChI=1S/C25H25F2N5O2S/c1-15-3-4-18(11-16(15)2)29-24-28-14-17-5-6-32(23(17)30-24)19-12-20(26)22(21(27)13-19)25(33,34)31-7-9-35-10-8-31/h3-6,11-14,33-34H,7-10H2,1-2H3,(H,28,29,30).